The molecule has 9 heteroatoms. The van der Waals surface area contributed by atoms with Crippen molar-refractivity contribution in [3.05, 3.63) is 17.7 Å². The van der Waals surface area contributed by atoms with E-state index in [2.05, 4.69) is 5.32 Å². The zero-order chi connectivity index (χ0) is 15.5. The summed E-state index contributed by atoms with van der Waals surface area (Å²) >= 11 is 0. The number of Topliss-reactive ketones (excluding diaryl/α,β-unsaturated/α-hetero) is 1. The molecule has 0 bridgehead atoms. The molecule has 7 nitrogen and oxygen atoms in total. The summed E-state index contributed by atoms with van der Waals surface area (Å²) in [6, 6.07) is 2.46. The van der Waals surface area contributed by atoms with Gasteiger partial charge in [0.05, 0.1) is 18.4 Å². The Balaban J connectivity index is 0.00000400. The molecule has 1 aromatic rings. The summed E-state index contributed by atoms with van der Waals surface area (Å²) in [5.41, 5.74) is 0.211. The third-order valence-corrected chi connectivity index (χ3v) is 3.48. The number of methoxy groups -OCH3 is 1. The smallest absolute Gasteiger partial charge is 0.744 e. The number of hydrogen-bond acceptors (Lipinski definition) is 6. The fraction of sp³-hybridized carbons (Fsp3) is 0.333. The van der Waals surface area contributed by atoms with Gasteiger partial charge in [-0.1, -0.05) is 0 Å². The predicted molar refractivity (Wildman–Crippen MR) is 69.6 cm³/mol. The maximum atomic E-state index is 11.5. The van der Waals surface area contributed by atoms with Crippen molar-refractivity contribution in [3.8, 4) is 5.75 Å². The molecule has 0 unspecified atom stereocenters. The molecule has 0 fully saturated rings. The van der Waals surface area contributed by atoms with Gasteiger partial charge in [0.1, 0.15) is 21.7 Å². The van der Waals surface area contributed by atoms with E-state index in [1.807, 2.05) is 0 Å². The summed E-state index contributed by atoms with van der Waals surface area (Å²) in [4.78, 5) is 21.9. The summed E-state index contributed by atoms with van der Waals surface area (Å²) in [5.74, 6) is -0.814. The van der Waals surface area contributed by atoms with E-state index in [9.17, 15) is 22.6 Å². The van der Waals surface area contributed by atoms with Gasteiger partial charge in [-0.25, -0.2) is 8.42 Å². The molecule has 0 aliphatic carbocycles. The Morgan fingerprint density at radius 2 is 1.90 bits per heavy atom. The molecule has 1 aromatic carbocycles. The van der Waals surface area contributed by atoms with Gasteiger partial charge in [-0.3, -0.25) is 9.59 Å². The van der Waals surface area contributed by atoms with Crippen molar-refractivity contribution in [2.24, 2.45) is 0 Å². The second-order valence-corrected chi connectivity index (χ2v) is 5.53. The van der Waals surface area contributed by atoms with E-state index in [1.54, 1.807) is 0 Å². The van der Waals surface area contributed by atoms with E-state index in [1.165, 1.54) is 27.0 Å². The van der Waals surface area contributed by atoms with Gasteiger partial charge in [0, 0.05) is 11.8 Å². The van der Waals surface area contributed by atoms with Gasteiger partial charge in [0.25, 0.3) is 0 Å². The van der Waals surface area contributed by atoms with Crippen molar-refractivity contribution in [2.45, 2.75) is 25.2 Å². The van der Waals surface area contributed by atoms with Crippen molar-refractivity contribution >= 4 is 27.5 Å². The molecule has 0 saturated carbocycles. The average Bonchev–Trinajstić information content (AvgIpc) is 2.29. The standard InChI is InChI=1S/C12H15NO6S.Na/c1-7(14)4-12(15)13-10-5-9(19-3)6-11(8(10)2)20(16,17)18;/h5-6H,4H2,1-3H3,(H,13,15)(H,16,17,18);/q;+1/p-1. The molecule has 0 aliphatic rings. The number of rotatable bonds is 5. The Kier molecular flexibility index (Phi) is 7.55. The summed E-state index contributed by atoms with van der Waals surface area (Å²) in [6.07, 6.45) is -0.337. The first-order valence-corrected chi connectivity index (χ1v) is 6.99. The van der Waals surface area contributed by atoms with Gasteiger partial charge in [-0.2, -0.15) is 0 Å². The van der Waals surface area contributed by atoms with Crippen LogP contribution >= 0.6 is 0 Å². The Bertz CT molecular complexity index is 656. The number of hydrogen-bond donors (Lipinski definition) is 1. The number of anilines is 1. The Morgan fingerprint density at radius 1 is 1.33 bits per heavy atom. The first-order chi connectivity index (χ1) is 9.15. The number of nitrogens with one attached hydrogen (secondary N) is 1. The molecular formula is C12H14NNaO6S. The van der Waals surface area contributed by atoms with E-state index in [0.29, 0.717) is 0 Å². The monoisotopic (exact) mass is 323 g/mol. The second kappa shape index (κ2) is 7.90. The van der Waals surface area contributed by atoms with Gasteiger partial charge in [-0.15, -0.1) is 0 Å². The number of carbonyl (C=O) groups excluding carboxylic acids is 2. The van der Waals surface area contributed by atoms with Crippen LogP contribution in [0.4, 0.5) is 5.69 Å². The SMILES string of the molecule is COc1cc(NC(=O)CC(C)=O)c(C)c(S(=O)(=O)[O-])c1.[Na+]. The summed E-state index contributed by atoms with van der Waals surface area (Å²) in [5, 5.41) is 2.39. The van der Waals surface area contributed by atoms with Crippen LogP contribution in [0, 0.1) is 6.92 Å². The van der Waals surface area contributed by atoms with Crippen LogP contribution in [0.1, 0.15) is 18.9 Å². The fourth-order valence-corrected chi connectivity index (χ4v) is 2.34. The summed E-state index contributed by atoms with van der Waals surface area (Å²) < 4.78 is 38.4. The van der Waals surface area contributed by atoms with Crippen LogP contribution in [-0.2, 0) is 19.7 Å². The largest absolute Gasteiger partial charge is 1.00 e. The maximum absolute atomic E-state index is 11.5. The first kappa shape index (κ1) is 20.1. The zero-order valence-corrected chi connectivity index (χ0v) is 15.0. The predicted octanol–water partition coefficient (Wildman–Crippen LogP) is -2.17. The van der Waals surface area contributed by atoms with Crippen molar-refractivity contribution in [3.63, 3.8) is 0 Å². The van der Waals surface area contributed by atoms with Crippen LogP contribution < -0.4 is 39.6 Å². The van der Waals surface area contributed by atoms with Crippen molar-refractivity contribution in [2.75, 3.05) is 12.4 Å². The molecule has 1 rings (SSSR count). The number of ketones is 1. The third kappa shape index (κ3) is 5.76. The van der Waals surface area contributed by atoms with Gasteiger partial charge in [0.15, 0.2) is 0 Å². The zero-order valence-electron chi connectivity index (χ0n) is 12.2. The minimum Gasteiger partial charge on any atom is -0.744 e. The molecule has 0 heterocycles. The van der Waals surface area contributed by atoms with E-state index >= 15 is 0 Å². The summed E-state index contributed by atoms with van der Waals surface area (Å²) in [6.45, 7) is 2.64. The fourth-order valence-electron chi connectivity index (χ4n) is 1.59. The van der Waals surface area contributed by atoms with Gasteiger partial charge >= 0.3 is 29.6 Å². The number of carbonyl (C=O) groups is 2. The quantitative estimate of drug-likeness (QED) is 0.375. The van der Waals surface area contributed by atoms with Crippen LogP contribution in [0.3, 0.4) is 0 Å². The number of amides is 1. The minimum atomic E-state index is -4.70. The van der Waals surface area contributed by atoms with Gasteiger partial charge in [-0.05, 0) is 25.5 Å². The molecule has 0 aliphatic heterocycles. The molecule has 1 amide bonds. The molecule has 0 radical (unpaired) electrons. The van der Waals surface area contributed by atoms with Crippen molar-refractivity contribution in [1.29, 1.82) is 0 Å². The van der Waals surface area contributed by atoms with Crippen molar-refractivity contribution in [1.82, 2.24) is 0 Å². The van der Waals surface area contributed by atoms with E-state index in [4.69, 9.17) is 4.74 Å². The van der Waals surface area contributed by atoms with Crippen molar-refractivity contribution < 1.29 is 56.9 Å². The second-order valence-electron chi connectivity index (χ2n) is 4.18. The molecule has 0 aromatic heterocycles. The molecule has 110 valence electrons. The number of benzene rings is 1. The van der Waals surface area contributed by atoms with E-state index < -0.39 is 20.9 Å². The van der Waals surface area contributed by atoms with Gasteiger partial charge in [0.2, 0.25) is 5.91 Å². The molecule has 21 heavy (non-hydrogen) atoms. The van der Waals surface area contributed by atoms with Crippen LogP contribution in [0.15, 0.2) is 17.0 Å². The Labute approximate surface area is 145 Å². The molecule has 0 spiro atoms. The normalized spacial score (nSPS) is 10.5. The average molecular weight is 323 g/mol. The molecule has 0 saturated heterocycles. The molecule has 0 atom stereocenters. The van der Waals surface area contributed by atoms with Crippen LogP contribution in [-0.4, -0.2) is 31.8 Å². The third-order valence-electron chi connectivity index (χ3n) is 2.52. The van der Waals surface area contributed by atoms with E-state index in [-0.39, 0.29) is 58.8 Å². The van der Waals surface area contributed by atoms with E-state index in [0.717, 1.165) is 6.07 Å². The Hall–Kier alpha value is -0.930. The topological polar surface area (TPSA) is 113 Å². The van der Waals surface area contributed by atoms with Crippen LogP contribution in [0.25, 0.3) is 0 Å². The Morgan fingerprint density at radius 3 is 2.33 bits per heavy atom. The maximum Gasteiger partial charge on any atom is 1.00 e. The van der Waals surface area contributed by atoms with Crippen LogP contribution in [0.2, 0.25) is 0 Å². The summed E-state index contributed by atoms with van der Waals surface area (Å²) in [7, 11) is -3.40. The molecular weight excluding hydrogens is 309 g/mol. The van der Waals surface area contributed by atoms with Crippen LogP contribution in [0.5, 0.6) is 5.75 Å². The number of ether oxygens (including phenoxy) is 1. The first-order valence-electron chi connectivity index (χ1n) is 5.59. The van der Waals surface area contributed by atoms with Gasteiger partial charge < -0.3 is 14.6 Å². The minimum absolute atomic E-state index is 0. The molecule has 1 N–H and O–H groups in total.